The van der Waals surface area contributed by atoms with E-state index >= 15 is 0 Å². The molecule has 2 saturated heterocycles. The van der Waals surface area contributed by atoms with Gasteiger partial charge in [0.25, 0.3) is 0 Å². The summed E-state index contributed by atoms with van der Waals surface area (Å²) < 4.78 is 10.9. The number of aromatic amines is 1. The lowest BCUT2D eigenvalue weighted by molar-refractivity contribution is 0.0377. The number of H-pyrrole nitrogens is 1. The number of likely N-dealkylation sites (tertiary alicyclic amines) is 1. The third-order valence-electron chi connectivity index (χ3n) is 5.85. The number of nitrogens with one attached hydrogen (secondary N) is 2. The Morgan fingerprint density at radius 3 is 2.83 bits per heavy atom. The molecule has 2 fully saturated rings. The second-order valence-corrected chi connectivity index (χ2v) is 7.90. The number of guanidine groups is 1. The molecule has 9 heteroatoms. The first kappa shape index (κ1) is 20.9. The van der Waals surface area contributed by atoms with Crippen molar-refractivity contribution in [1.82, 2.24) is 30.3 Å². The summed E-state index contributed by atoms with van der Waals surface area (Å²) in [7, 11) is 0. The normalized spacial score (nSPS) is 19.3. The van der Waals surface area contributed by atoms with Crippen LogP contribution in [0, 0.1) is 0 Å². The smallest absolute Gasteiger partial charge is 0.193 e. The molecule has 2 aliphatic heterocycles. The van der Waals surface area contributed by atoms with Gasteiger partial charge in [0, 0.05) is 58.2 Å². The quantitative estimate of drug-likeness (QED) is 0.383. The first-order valence-electron chi connectivity index (χ1n) is 11.1. The molecule has 0 aliphatic carbocycles. The Hall–Kier alpha value is -2.39. The van der Waals surface area contributed by atoms with Crippen LogP contribution in [0.1, 0.15) is 36.8 Å². The molecule has 2 N–H and O–H groups in total. The van der Waals surface area contributed by atoms with Crippen molar-refractivity contribution in [3.63, 3.8) is 0 Å². The lowest BCUT2D eigenvalue weighted by atomic mass is 9.96. The zero-order chi connectivity index (χ0) is 20.4. The standard InChI is InChI=1S/C21H33N7O2/c1-3-19(30-14-1)4-8-23-21(22-7-2-9-27-12-15-29-16-13-27)28-10-5-18(6-11-28)20-24-17-25-26-20/h1,3,14,17-18H,2,4-13,15-16H2,(H,22,23)(H,24,25,26). The van der Waals surface area contributed by atoms with Crippen LogP contribution in [0.15, 0.2) is 34.1 Å². The molecule has 2 aromatic heterocycles. The molecule has 0 bridgehead atoms. The first-order valence-corrected chi connectivity index (χ1v) is 11.1. The Morgan fingerprint density at radius 1 is 1.23 bits per heavy atom. The van der Waals surface area contributed by atoms with Crippen LogP contribution in [-0.2, 0) is 11.2 Å². The second-order valence-electron chi connectivity index (χ2n) is 7.90. The van der Waals surface area contributed by atoms with Crippen molar-refractivity contribution in [2.24, 2.45) is 4.99 Å². The highest BCUT2D eigenvalue weighted by Crippen LogP contribution is 2.24. The molecule has 0 spiro atoms. The fourth-order valence-electron chi connectivity index (χ4n) is 4.10. The number of piperidine rings is 1. The van der Waals surface area contributed by atoms with E-state index in [1.54, 1.807) is 12.6 Å². The first-order chi connectivity index (χ1) is 14.9. The Morgan fingerprint density at radius 2 is 2.10 bits per heavy atom. The van der Waals surface area contributed by atoms with Crippen LogP contribution < -0.4 is 5.32 Å². The zero-order valence-corrected chi connectivity index (χ0v) is 17.6. The van der Waals surface area contributed by atoms with E-state index in [9.17, 15) is 0 Å². The van der Waals surface area contributed by atoms with E-state index in [1.807, 2.05) is 12.1 Å². The van der Waals surface area contributed by atoms with E-state index in [0.717, 1.165) is 102 Å². The van der Waals surface area contributed by atoms with Crippen molar-refractivity contribution in [3.8, 4) is 0 Å². The van der Waals surface area contributed by atoms with Crippen LogP contribution in [0.25, 0.3) is 0 Å². The van der Waals surface area contributed by atoms with E-state index in [0.29, 0.717) is 5.92 Å². The minimum atomic E-state index is 0.453. The van der Waals surface area contributed by atoms with Gasteiger partial charge >= 0.3 is 0 Å². The van der Waals surface area contributed by atoms with Gasteiger partial charge < -0.3 is 19.4 Å². The van der Waals surface area contributed by atoms with Crippen LogP contribution in [0.2, 0.25) is 0 Å². The fourth-order valence-corrected chi connectivity index (χ4v) is 4.10. The highest BCUT2D eigenvalue weighted by atomic mass is 16.5. The lowest BCUT2D eigenvalue weighted by Crippen LogP contribution is -2.46. The number of furan rings is 1. The molecule has 4 heterocycles. The van der Waals surface area contributed by atoms with Gasteiger partial charge in [0.2, 0.25) is 0 Å². The lowest BCUT2D eigenvalue weighted by Gasteiger charge is -2.33. The van der Waals surface area contributed by atoms with Crippen molar-refractivity contribution in [3.05, 3.63) is 36.3 Å². The number of hydrogen-bond donors (Lipinski definition) is 2. The molecule has 30 heavy (non-hydrogen) atoms. The van der Waals surface area contributed by atoms with Gasteiger partial charge in [-0.25, -0.2) is 4.98 Å². The van der Waals surface area contributed by atoms with Gasteiger partial charge in [0.15, 0.2) is 5.96 Å². The molecule has 0 radical (unpaired) electrons. The maximum atomic E-state index is 5.46. The predicted molar refractivity (Wildman–Crippen MR) is 115 cm³/mol. The summed E-state index contributed by atoms with van der Waals surface area (Å²) in [5, 5.41) is 10.6. The van der Waals surface area contributed by atoms with Gasteiger partial charge in [-0.15, -0.1) is 0 Å². The van der Waals surface area contributed by atoms with Crippen molar-refractivity contribution < 1.29 is 9.15 Å². The molecule has 0 unspecified atom stereocenters. The number of aliphatic imine (C=N–C) groups is 1. The van der Waals surface area contributed by atoms with Gasteiger partial charge in [-0.05, 0) is 31.4 Å². The van der Waals surface area contributed by atoms with Crippen molar-refractivity contribution >= 4 is 5.96 Å². The number of rotatable bonds is 8. The maximum Gasteiger partial charge on any atom is 0.193 e. The van der Waals surface area contributed by atoms with E-state index in [-0.39, 0.29) is 0 Å². The number of nitrogens with zero attached hydrogens (tertiary/aromatic N) is 5. The Labute approximate surface area is 177 Å². The monoisotopic (exact) mass is 415 g/mol. The third-order valence-corrected chi connectivity index (χ3v) is 5.85. The molecular formula is C21H33N7O2. The fraction of sp³-hybridized carbons (Fsp3) is 0.667. The average molecular weight is 416 g/mol. The van der Waals surface area contributed by atoms with Gasteiger partial charge in [-0.1, -0.05) is 0 Å². The van der Waals surface area contributed by atoms with Gasteiger partial charge in [0.05, 0.1) is 19.5 Å². The number of morpholine rings is 1. The molecule has 2 aromatic rings. The molecule has 9 nitrogen and oxygen atoms in total. The molecule has 2 aliphatic rings. The van der Waals surface area contributed by atoms with Crippen LogP contribution in [-0.4, -0.2) is 90.0 Å². The van der Waals surface area contributed by atoms with Gasteiger partial charge in [0.1, 0.15) is 17.9 Å². The number of aromatic nitrogens is 3. The highest BCUT2D eigenvalue weighted by Gasteiger charge is 2.24. The minimum absolute atomic E-state index is 0.453. The van der Waals surface area contributed by atoms with E-state index < -0.39 is 0 Å². The summed E-state index contributed by atoms with van der Waals surface area (Å²) in [4.78, 5) is 14.1. The molecular weight excluding hydrogens is 382 g/mol. The summed E-state index contributed by atoms with van der Waals surface area (Å²) in [5.41, 5.74) is 0. The largest absolute Gasteiger partial charge is 0.469 e. The topological polar surface area (TPSA) is 94.8 Å². The second kappa shape index (κ2) is 11.1. The third kappa shape index (κ3) is 6.06. The zero-order valence-electron chi connectivity index (χ0n) is 17.6. The number of hydrogen-bond acceptors (Lipinski definition) is 6. The molecule has 164 valence electrons. The molecule has 0 amide bonds. The Kier molecular flexibility index (Phi) is 7.74. The maximum absolute atomic E-state index is 5.46. The summed E-state index contributed by atoms with van der Waals surface area (Å²) in [6.07, 6.45) is 7.36. The Balaban J connectivity index is 1.28. The average Bonchev–Trinajstić information content (AvgIpc) is 3.51. The number of ether oxygens (including phenoxy) is 1. The predicted octanol–water partition coefficient (Wildman–Crippen LogP) is 1.49. The highest BCUT2D eigenvalue weighted by molar-refractivity contribution is 5.80. The van der Waals surface area contributed by atoms with Crippen LogP contribution in [0.4, 0.5) is 0 Å². The van der Waals surface area contributed by atoms with Crippen LogP contribution >= 0.6 is 0 Å². The minimum Gasteiger partial charge on any atom is -0.469 e. The van der Waals surface area contributed by atoms with Gasteiger partial charge in [-0.2, -0.15) is 5.10 Å². The van der Waals surface area contributed by atoms with Crippen molar-refractivity contribution in [1.29, 1.82) is 0 Å². The van der Waals surface area contributed by atoms with Crippen molar-refractivity contribution in [2.45, 2.75) is 31.6 Å². The molecule has 0 aromatic carbocycles. The van der Waals surface area contributed by atoms with Crippen molar-refractivity contribution in [2.75, 3.05) is 59.0 Å². The Bertz CT molecular complexity index is 734. The van der Waals surface area contributed by atoms with E-state index in [2.05, 4.69) is 30.3 Å². The van der Waals surface area contributed by atoms with Crippen LogP contribution in [0.3, 0.4) is 0 Å². The van der Waals surface area contributed by atoms with Gasteiger partial charge in [-0.3, -0.25) is 15.0 Å². The van der Waals surface area contributed by atoms with Crippen LogP contribution in [0.5, 0.6) is 0 Å². The summed E-state index contributed by atoms with van der Waals surface area (Å²) >= 11 is 0. The van der Waals surface area contributed by atoms with E-state index in [1.165, 1.54) is 0 Å². The molecule has 0 atom stereocenters. The molecule has 0 saturated carbocycles. The SMILES string of the molecule is c1coc(CCNC(=NCCCN2CCOCC2)N2CCC(c3ncn[nH]3)CC2)c1. The van der Waals surface area contributed by atoms with E-state index in [4.69, 9.17) is 14.1 Å². The summed E-state index contributed by atoms with van der Waals surface area (Å²) in [5.74, 6) is 3.47. The summed E-state index contributed by atoms with van der Waals surface area (Å²) in [6.45, 7) is 8.45. The summed E-state index contributed by atoms with van der Waals surface area (Å²) in [6, 6.07) is 3.95. The molecule has 4 rings (SSSR count).